The van der Waals surface area contributed by atoms with Gasteiger partial charge in [-0.25, -0.2) is 0 Å². The minimum atomic E-state index is -2.56. The largest absolute Gasteiger partial charge is 0.493 e. The van der Waals surface area contributed by atoms with Crippen molar-refractivity contribution >= 4 is 5.78 Å². The standard InChI is InChI=1S/C18H21NO4/c1-19-8-7-17-14-10-3-4-12(22-2)15(14)23-16(17)11(20)5-6-18(17,21)13(19)9-10/h3-4,13,16,21H,5-9H2,1-2H3/t13-,16?,17+,18-/m1/s1/i1D3,3D,4D,5D2,21D. The Labute approximate surface area is 146 Å². The Kier molecular flexibility index (Phi) is 1.42. The number of likely N-dealkylation sites (tertiary alicyclic amines) is 1. The quantitative estimate of drug-likeness (QED) is 0.881. The van der Waals surface area contributed by atoms with Crippen molar-refractivity contribution in [2.24, 2.45) is 0 Å². The lowest BCUT2D eigenvalue weighted by Gasteiger charge is -2.62. The molecule has 1 aromatic rings. The van der Waals surface area contributed by atoms with Crippen LogP contribution in [0.4, 0.5) is 0 Å². The predicted octanol–water partition coefficient (Wildman–Crippen LogP) is 1.05. The van der Waals surface area contributed by atoms with E-state index in [1.165, 1.54) is 12.0 Å². The van der Waals surface area contributed by atoms with E-state index < -0.39 is 48.7 Å². The van der Waals surface area contributed by atoms with Crippen molar-refractivity contribution in [1.29, 1.82) is 1.43 Å². The minimum Gasteiger partial charge on any atom is -0.493 e. The fourth-order valence-electron chi connectivity index (χ4n) is 4.97. The average Bonchev–Trinajstić information content (AvgIpc) is 3.00. The van der Waals surface area contributed by atoms with Crippen LogP contribution in [0.1, 0.15) is 39.9 Å². The van der Waals surface area contributed by atoms with Crippen molar-refractivity contribution in [2.45, 2.75) is 48.8 Å². The number of hydrogen-bond donors (Lipinski definition) is 1. The summed E-state index contributed by atoms with van der Waals surface area (Å²) in [6.07, 6.45) is -4.27. The molecule has 122 valence electrons. The van der Waals surface area contributed by atoms with Crippen LogP contribution in [0.15, 0.2) is 12.1 Å². The zero-order valence-corrected chi connectivity index (χ0v) is 12.6. The smallest absolute Gasteiger partial charge is 0.211 e. The number of ether oxygens (including phenoxy) is 2. The molecule has 5 heteroatoms. The van der Waals surface area contributed by atoms with E-state index in [4.69, 9.17) is 25.6 Å². The topological polar surface area (TPSA) is 59.0 Å². The molecule has 1 unspecified atom stereocenters. The van der Waals surface area contributed by atoms with Crippen molar-refractivity contribution in [3.05, 3.63) is 23.2 Å². The summed E-state index contributed by atoms with van der Waals surface area (Å²) in [6, 6.07) is -1.41. The molecule has 2 fully saturated rings. The van der Waals surface area contributed by atoms with E-state index in [1.807, 2.05) is 0 Å². The van der Waals surface area contributed by atoms with E-state index in [9.17, 15) is 4.79 Å². The maximum Gasteiger partial charge on any atom is 0.211 e. The molecule has 1 N–H and O–H groups in total. The van der Waals surface area contributed by atoms with E-state index in [0.29, 0.717) is 11.1 Å². The molecule has 1 spiro atoms. The van der Waals surface area contributed by atoms with Gasteiger partial charge >= 0.3 is 0 Å². The summed E-state index contributed by atoms with van der Waals surface area (Å²) < 4.78 is 77.0. The molecule has 2 aliphatic carbocycles. The minimum absolute atomic E-state index is 0.0310. The van der Waals surface area contributed by atoms with Crippen LogP contribution in [-0.2, 0) is 16.6 Å². The number of aliphatic hydroxyl groups is 1. The molecule has 1 saturated carbocycles. The number of ketones is 1. The van der Waals surface area contributed by atoms with Gasteiger partial charge < -0.3 is 19.5 Å². The van der Waals surface area contributed by atoms with Crippen LogP contribution in [0.5, 0.6) is 11.5 Å². The number of piperidine rings is 1. The number of methoxy groups -OCH3 is 1. The summed E-state index contributed by atoms with van der Waals surface area (Å²) in [5.74, 6) is -0.751. The predicted molar refractivity (Wildman–Crippen MR) is 83.0 cm³/mol. The maximum atomic E-state index is 13.2. The molecule has 2 bridgehead atoms. The maximum absolute atomic E-state index is 13.2. The van der Waals surface area contributed by atoms with Gasteiger partial charge in [0.1, 0.15) is 0 Å². The van der Waals surface area contributed by atoms with Gasteiger partial charge in [0, 0.05) is 24.8 Å². The van der Waals surface area contributed by atoms with Gasteiger partial charge in [0.2, 0.25) is 1.43 Å². The van der Waals surface area contributed by atoms with E-state index >= 15 is 0 Å². The molecule has 0 amide bonds. The lowest BCUT2D eigenvalue weighted by atomic mass is 9.49. The molecule has 1 saturated heterocycles. The highest BCUT2D eigenvalue weighted by atomic mass is 16.5. The van der Waals surface area contributed by atoms with Crippen molar-refractivity contribution in [2.75, 3.05) is 20.6 Å². The Morgan fingerprint density at radius 1 is 1.61 bits per heavy atom. The van der Waals surface area contributed by atoms with E-state index in [-0.39, 0.29) is 43.0 Å². The molecule has 0 aromatic heterocycles. The second-order valence-corrected chi connectivity index (χ2v) is 6.71. The Bertz CT molecular complexity index is 1010. The van der Waals surface area contributed by atoms with Crippen molar-refractivity contribution in [3.8, 4) is 11.5 Å². The van der Waals surface area contributed by atoms with Gasteiger partial charge in [0.25, 0.3) is 0 Å². The molecule has 2 heterocycles. The fourth-order valence-corrected chi connectivity index (χ4v) is 4.97. The average molecular weight is 323 g/mol. The zero-order valence-electron chi connectivity index (χ0n) is 20.6. The van der Waals surface area contributed by atoms with Gasteiger partial charge in [-0.15, -0.1) is 0 Å². The molecule has 1 aromatic carbocycles. The van der Waals surface area contributed by atoms with Gasteiger partial charge in [0.05, 0.1) is 20.9 Å². The third-order valence-electron chi connectivity index (χ3n) is 5.97. The lowest BCUT2D eigenvalue weighted by Crippen LogP contribution is -2.76. The van der Waals surface area contributed by atoms with Gasteiger partial charge in [-0.2, -0.15) is 0 Å². The summed E-state index contributed by atoms with van der Waals surface area (Å²) >= 11 is 0. The molecule has 5 rings (SSSR count). The number of benzene rings is 1. The van der Waals surface area contributed by atoms with Crippen LogP contribution in [-0.4, -0.2) is 55.6 Å². The fraction of sp³-hybridized carbons (Fsp3) is 0.611. The summed E-state index contributed by atoms with van der Waals surface area (Å²) in [5, 5.41) is 5.29. The Morgan fingerprint density at radius 2 is 2.52 bits per heavy atom. The molecule has 23 heavy (non-hydrogen) atoms. The van der Waals surface area contributed by atoms with E-state index in [2.05, 4.69) is 0 Å². The highest BCUT2D eigenvalue weighted by Crippen LogP contribution is 2.64. The van der Waals surface area contributed by atoms with Gasteiger partial charge in [-0.3, -0.25) is 4.79 Å². The van der Waals surface area contributed by atoms with Gasteiger partial charge in [-0.05, 0) is 44.4 Å². The molecule has 4 atom stereocenters. The van der Waals surface area contributed by atoms with Crippen LogP contribution in [0.2, 0.25) is 0 Å². The Hall–Kier alpha value is -1.59. The van der Waals surface area contributed by atoms with Gasteiger partial charge in [-0.1, -0.05) is 6.04 Å². The van der Waals surface area contributed by atoms with E-state index in [1.54, 1.807) is 0 Å². The summed E-state index contributed by atoms with van der Waals surface area (Å²) in [5.41, 5.74) is -2.25. The third kappa shape index (κ3) is 1.32. The number of Topliss-reactive ketones (excluding diaryl/α,β-unsaturated/α-hetero) is 1. The highest BCUT2D eigenvalue weighted by molar-refractivity contribution is 5.90. The van der Waals surface area contributed by atoms with Crippen molar-refractivity contribution in [3.63, 3.8) is 0 Å². The van der Waals surface area contributed by atoms with Crippen molar-refractivity contribution in [1.82, 2.24) is 4.90 Å². The second kappa shape index (κ2) is 4.08. The van der Waals surface area contributed by atoms with Crippen LogP contribution in [0, 0.1) is 0 Å². The summed E-state index contributed by atoms with van der Waals surface area (Å²) in [4.78, 5) is 14.4. The summed E-state index contributed by atoms with van der Waals surface area (Å²) in [7, 11) is 1.32. The molecular weight excluding hydrogens is 294 g/mol. The summed E-state index contributed by atoms with van der Waals surface area (Å²) in [6.45, 7) is -2.50. The third-order valence-corrected chi connectivity index (χ3v) is 5.97. The molecule has 2 aliphatic heterocycles. The SMILES string of the molecule is [2H]O[C@@]12CC([2H])([2H])C(=O)C3Oc4c(OC)c([2H])c([2H])c5c4[C@@]31CCN(C([2H])([2H])[2H])[C@@H]2C5. The molecule has 5 nitrogen and oxygen atoms in total. The number of rotatable bonds is 2. The second-order valence-electron chi connectivity index (χ2n) is 6.71. The first kappa shape index (κ1) is 7.99. The number of likely N-dealkylation sites (N-methyl/N-ethyl adjacent to an activating group) is 1. The Balaban J connectivity index is 1.90. The molecule has 4 aliphatic rings. The van der Waals surface area contributed by atoms with Crippen molar-refractivity contribution < 1.29 is 29.0 Å². The monoisotopic (exact) mass is 323 g/mol. The highest BCUT2D eigenvalue weighted by Gasteiger charge is 2.72. The first-order valence-corrected chi connectivity index (χ1v) is 7.70. The van der Waals surface area contributed by atoms with Crippen LogP contribution in [0.25, 0.3) is 0 Å². The van der Waals surface area contributed by atoms with Crippen LogP contribution < -0.4 is 9.47 Å². The lowest BCUT2D eigenvalue weighted by molar-refractivity contribution is -0.185. The molecular formula is C18H21NO4. The normalized spacial score (nSPS) is 48.3. The van der Waals surface area contributed by atoms with E-state index in [0.717, 1.165) is 0 Å². The zero-order chi connectivity index (χ0) is 22.7. The molecule has 0 radical (unpaired) electrons. The van der Waals surface area contributed by atoms with Crippen LogP contribution in [0.3, 0.4) is 0 Å². The van der Waals surface area contributed by atoms with Gasteiger partial charge in [0.15, 0.2) is 23.4 Å². The number of nitrogens with zero attached hydrogens (tertiary/aromatic N) is 1. The number of hydrogen-bond acceptors (Lipinski definition) is 5. The Morgan fingerprint density at radius 3 is 3.30 bits per heavy atom. The van der Waals surface area contributed by atoms with Crippen LogP contribution >= 0.6 is 0 Å². The number of carbonyl (C=O) groups excluding carboxylic acids is 1. The number of carbonyl (C=O) groups is 1. The first-order chi connectivity index (χ1) is 14.4. The first-order valence-electron chi connectivity index (χ1n) is 11.6.